The van der Waals surface area contributed by atoms with Crippen molar-refractivity contribution in [1.29, 1.82) is 0 Å². The van der Waals surface area contributed by atoms with Crippen molar-refractivity contribution in [1.82, 2.24) is 24.5 Å². The average molecular weight is 480 g/mol. The molecule has 0 fully saturated rings. The molecule has 3 N–H and O–H groups in total. The summed E-state index contributed by atoms with van der Waals surface area (Å²) in [6, 6.07) is 7.84. The van der Waals surface area contributed by atoms with Crippen molar-refractivity contribution in [2.45, 2.75) is 37.5 Å². The summed E-state index contributed by atoms with van der Waals surface area (Å²) in [6.07, 6.45) is 7.08. The largest absolute Gasteiger partial charge is 0.384 e. The lowest BCUT2D eigenvalue weighted by Gasteiger charge is -2.21. The molecule has 0 aliphatic heterocycles. The van der Waals surface area contributed by atoms with Gasteiger partial charge >= 0.3 is 0 Å². The number of nitrogen functional groups attached to an aromatic ring is 1. The molecule has 4 aromatic rings. The molecule has 33 heavy (non-hydrogen) atoms. The maximum Gasteiger partial charge on any atom is 0.264 e. The van der Waals surface area contributed by atoms with Crippen LogP contribution in [0.15, 0.2) is 47.6 Å². The van der Waals surface area contributed by atoms with Crippen LogP contribution in [0.4, 0.5) is 11.8 Å². The van der Waals surface area contributed by atoms with Gasteiger partial charge in [0.1, 0.15) is 5.82 Å². The van der Waals surface area contributed by atoms with Gasteiger partial charge in [-0.15, -0.1) is 0 Å². The van der Waals surface area contributed by atoms with E-state index >= 15 is 0 Å². The van der Waals surface area contributed by atoms with Crippen molar-refractivity contribution in [3.05, 3.63) is 64.3 Å². The molecule has 9 nitrogen and oxygen atoms in total. The molecule has 0 amide bonds. The summed E-state index contributed by atoms with van der Waals surface area (Å²) in [7, 11) is -3.85. The minimum Gasteiger partial charge on any atom is -0.384 e. The van der Waals surface area contributed by atoms with Crippen LogP contribution in [0.5, 0.6) is 0 Å². The van der Waals surface area contributed by atoms with Crippen LogP contribution in [0.1, 0.15) is 29.7 Å². The Morgan fingerprint density at radius 2 is 1.76 bits per heavy atom. The Hall–Kier alpha value is -3.44. The molecule has 3 aromatic heterocycles. The highest BCUT2D eigenvalue weighted by Crippen LogP contribution is 2.32. The summed E-state index contributed by atoms with van der Waals surface area (Å²) < 4.78 is 29.6. The number of nitrogens with one attached hydrogen (secondary N) is 1. The van der Waals surface area contributed by atoms with Crippen molar-refractivity contribution in [2.75, 3.05) is 10.5 Å². The van der Waals surface area contributed by atoms with Gasteiger partial charge in [-0.25, -0.2) is 28.1 Å². The number of benzene rings is 1. The van der Waals surface area contributed by atoms with E-state index < -0.39 is 10.0 Å². The standard InChI is InChI=1S/C22H21N7O2S2/c1-13-16-5-2-3-6-17(16)26-20-18(13)19(23)29(22(32)27-20)14-7-9-15(10-8-14)33(30,31)28-21-24-11-4-12-25-21/h4,7-12H,2-3,5-6,23H2,1H3,(H,24,25,28). The Morgan fingerprint density at radius 1 is 1.06 bits per heavy atom. The third kappa shape index (κ3) is 3.83. The van der Waals surface area contributed by atoms with Crippen LogP contribution in [0.3, 0.4) is 0 Å². The van der Waals surface area contributed by atoms with E-state index in [4.69, 9.17) is 22.9 Å². The Balaban J connectivity index is 1.57. The zero-order valence-corrected chi connectivity index (χ0v) is 19.4. The molecule has 0 radical (unpaired) electrons. The van der Waals surface area contributed by atoms with Crippen molar-refractivity contribution in [3.8, 4) is 5.69 Å². The maximum atomic E-state index is 12.7. The predicted octanol–water partition coefficient (Wildman–Crippen LogP) is 3.51. The van der Waals surface area contributed by atoms with Crippen LogP contribution in [-0.4, -0.2) is 32.9 Å². The number of nitrogens with zero attached hydrogens (tertiary/aromatic N) is 5. The third-order valence-electron chi connectivity index (χ3n) is 5.82. The number of hydrogen-bond acceptors (Lipinski definition) is 8. The molecule has 3 heterocycles. The van der Waals surface area contributed by atoms with Gasteiger partial charge in [-0.3, -0.25) is 4.57 Å². The topological polar surface area (TPSA) is 129 Å². The average Bonchev–Trinajstić information content (AvgIpc) is 2.80. The number of nitrogens with two attached hydrogens (primary N) is 1. The Kier molecular flexibility index (Phi) is 5.29. The van der Waals surface area contributed by atoms with Crippen LogP contribution < -0.4 is 10.5 Å². The van der Waals surface area contributed by atoms with Crippen LogP contribution in [-0.2, 0) is 22.9 Å². The van der Waals surface area contributed by atoms with Crippen molar-refractivity contribution in [3.63, 3.8) is 0 Å². The molecule has 0 bridgehead atoms. The fourth-order valence-electron chi connectivity index (χ4n) is 4.22. The van der Waals surface area contributed by atoms with E-state index in [9.17, 15) is 8.42 Å². The van der Waals surface area contributed by atoms with Gasteiger partial charge in [0.15, 0.2) is 5.65 Å². The zero-order chi connectivity index (χ0) is 23.2. The summed E-state index contributed by atoms with van der Waals surface area (Å²) in [5.41, 5.74) is 11.1. The smallest absolute Gasteiger partial charge is 0.264 e. The molecule has 1 aliphatic carbocycles. The number of aryl methyl sites for hydroxylation is 2. The molecule has 0 unspecified atom stereocenters. The van der Waals surface area contributed by atoms with E-state index in [1.54, 1.807) is 22.8 Å². The molecule has 1 aliphatic rings. The first-order valence-electron chi connectivity index (χ1n) is 10.5. The number of fused-ring (bicyclic) bond motifs is 2. The van der Waals surface area contributed by atoms with Gasteiger partial charge in [-0.1, -0.05) is 0 Å². The molecule has 0 saturated heterocycles. The Morgan fingerprint density at radius 3 is 2.48 bits per heavy atom. The molecule has 0 saturated carbocycles. The van der Waals surface area contributed by atoms with Gasteiger partial charge in [0.2, 0.25) is 10.7 Å². The predicted molar refractivity (Wildman–Crippen MR) is 128 cm³/mol. The number of aromatic nitrogens is 5. The number of anilines is 2. The van der Waals surface area contributed by atoms with Gasteiger partial charge < -0.3 is 5.73 Å². The SMILES string of the molecule is Cc1c2c(nc3nc(=S)n(-c4ccc(S(=O)(=O)Nc5ncccn5)cc4)c(N)c13)CCCC2. The molecule has 5 rings (SSSR count). The number of sulfonamides is 1. The molecule has 11 heteroatoms. The lowest BCUT2D eigenvalue weighted by Crippen LogP contribution is -2.15. The lowest BCUT2D eigenvalue weighted by atomic mass is 9.91. The van der Waals surface area contributed by atoms with E-state index in [2.05, 4.69) is 19.7 Å². The molecule has 0 spiro atoms. The minimum atomic E-state index is -3.85. The minimum absolute atomic E-state index is 0.00178. The van der Waals surface area contributed by atoms with Gasteiger partial charge in [0, 0.05) is 23.8 Å². The zero-order valence-electron chi connectivity index (χ0n) is 17.8. The quantitative estimate of drug-likeness (QED) is 0.426. The van der Waals surface area contributed by atoms with Crippen molar-refractivity contribution in [2.24, 2.45) is 0 Å². The number of rotatable bonds is 4. The van der Waals surface area contributed by atoms with E-state index in [1.165, 1.54) is 30.1 Å². The van der Waals surface area contributed by atoms with Gasteiger partial charge in [0.25, 0.3) is 10.0 Å². The van der Waals surface area contributed by atoms with Gasteiger partial charge in [-0.05, 0) is 86.3 Å². The summed E-state index contributed by atoms with van der Waals surface area (Å²) in [5, 5.41) is 0.781. The Bertz CT molecular complexity index is 1530. The number of pyridine rings is 1. The van der Waals surface area contributed by atoms with Gasteiger partial charge in [-0.2, -0.15) is 4.98 Å². The van der Waals surface area contributed by atoms with Crippen LogP contribution in [0.2, 0.25) is 0 Å². The Labute approximate surface area is 195 Å². The first-order valence-corrected chi connectivity index (χ1v) is 12.3. The fourth-order valence-corrected chi connectivity index (χ4v) is 5.47. The monoisotopic (exact) mass is 479 g/mol. The van der Waals surface area contributed by atoms with Gasteiger partial charge in [0.05, 0.1) is 10.3 Å². The van der Waals surface area contributed by atoms with Crippen LogP contribution in [0.25, 0.3) is 16.7 Å². The molecule has 1 aromatic carbocycles. The van der Waals surface area contributed by atoms with Crippen LogP contribution in [0, 0.1) is 11.7 Å². The second kappa shape index (κ2) is 8.16. The molecule has 0 atom stereocenters. The van der Waals surface area contributed by atoms with E-state index in [0.29, 0.717) is 17.2 Å². The third-order valence-corrected chi connectivity index (χ3v) is 7.44. The second-order valence-corrected chi connectivity index (χ2v) is 9.90. The van der Waals surface area contributed by atoms with E-state index in [0.717, 1.165) is 42.3 Å². The first kappa shape index (κ1) is 21.4. The summed E-state index contributed by atoms with van der Waals surface area (Å²) in [6.45, 7) is 2.05. The first-order chi connectivity index (χ1) is 15.8. The second-order valence-electron chi connectivity index (χ2n) is 7.85. The van der Waals surface area contributed by atoms with E-state index in [1.807, 2.05) is 6.92 Å². The maximum absolute atomic E-state index is 12.7. The van der Waals surface area contributed by atoms with Crippen molar-refractivity contribution >= 4 is 45.0 Å². The summed E-state index contributed by atoms with van der Waals surface area (Å²) in [4.78, 5) is 17.1. The van der Waals surface area contributed by atoms with Crippen molar-refractivity contribution < 1.29 is 8.42 Å². The highest BCUT2D eigenvalue weighted by Gasteiger charge is 2.21. The highest BCUT2D eigenvalue weighted by atomic mass is 32.2. The molecular formula is C22H21N7O2S2. The lowest BCUT2D eigenvalue weighted by molar-refractivity contribution is 0.601. The summed E-state index contributed by atoms with van der Waals surface area (Å²) >= 11 is 5.52. The normalized spacial score (nSPS) is 13.6. The fraction of sp³-hybridized carbons (Fsp3) is 0.227. The van der Waals surface area contributed by atoms with E-state index in [-0.39, 0.29) is 15.6 Å². The molecular weight excluding hydrogens is 458 g/mol. The molecule has 168 valence electrons. The highest BCUT2D eigenvalue weighted by molar-refractivity contribution is 7.92. The van der Waals surface area contributed by atoms with Crippen LogP contribution >= 0.6 is 12.2 Å². The number of hydrogen-bond donors (Lipinski definition) is 2. The summed E-state index contributed by atoms with van der Waals surface area (Å²) in [5.74, 6) is 0.438.